The highest BCUT2D eigenvalue weighted by Crippen LogP contribution is 2.34. The zero-order chi connectivity index (χ0) is 25.3. The van der Waals surface area contributed by atoms with Crippen molar-refractivity contribution in [3.8, 4) is 6.07 Å². The van der Waals surface area contributed by atoms with E-state index in [9.17, 15) is 28.0 Å². The molecule has 3 atom stereocenters. The fourth-order valence-corrected chi connectivity index (χ4v) is 4.87. The van der Waals surface area contributed by atoms with Crippen LogP contribution < -0.4 is 16.4 Å². The summed E-state index contributed by atoms with van der Waals surface area (Å²) in [5.74, 6) is -5.78. The fraction of sp³-hybridized carbons (Fsp3) is 0.522. The number of nitrogens with zero attached hydrogens (tertiary/aromatic N) is 3. The SMILES string of the molecule is N#C[C@@H]1CC(F)(F)CN1C(=O)C1C[C@@H](CC(=O)N2Cc3cccc(C(=O)NCCN)c3C2)C(=O)N1. The average Bonchev–Trinajstić information content (AvgIpc) is 3.51. The Morgan fingerprint density at radius 1 is 1.29 bits per heavy atom. The number of fused-ring (bicyclic) bond motifs is 1. The molecule has 4 rings (SSSR count). The summed E-state index contributed by atoms with van der Waals surface area (Å²) < 4.78 is 27.4. The van der Waals surface area contributed by atoms with Crippen LogP contribution in [0.25, 0.3) is 0 Å². The van der Waals surface area contributed by atoms with Gasteiger partial charge in [0, 0.05) is 50.5 Å². The highest BCUT2D eigenvalue weighted by molar-refractivity contribution is 5.97. The normalized spacial score (nSPS) is 24.6. The highest BCUT2D eigenvalue weighted by atomic mass is 19.3. The van der Waals surface area contributed by atoms with Crippen LogP contribution in [0.15, 0.2) is 18.2 Å². The van der Waals surface area contributed by atoms with Crippen molar-refractivity contribution < 1.29 is 28.0 Å². The summed E-state index contributed by atoms with van der Waals surface area (Å²) >= 11 is 0. The number of carbonyl (C=O) groups excluding carboxylic acids is 4. The number of benzene rings is 1. The molecule has 35 heavy (non-hydrogen) atoms. The maximum Gasteiger partial charge on any atom is 0.268 e. The van der Waals surface area contributed by atoms with Crippen LogP contribution in [0.4, 0.5) is 8.78 Å². The van der Waals surface area contributed by atoms with Gasteiger partial charge in [0.25, 0.3) is 11.8 Å². The number of amides is 4. The second-order valence-corrected chi connectivity index (χ2v) is 9.11. The Hall–Kier alpha value is -3.59. The maximum absolute atomic E-state index is 13.7. The van der Waals surface area contributed by atoms with Gasteiger partial charge in [-0.25, -0.2) is 8.78 Å². The highest BCUT2D eigenvalue weighted by Gasteiger charge is 2.50. The number of carbonyl (C=O) groups is 4. The van der Waals surface area contributed by atoms with Gasteiger partial charge in [0.05, 0.1) is 12.6 Å². The third-order valence-electron chi connectivity index (χ3n) is 6.64. The summed E-state index contributed by atoms with van der Waals surface area (Å²) in [6.45, 7) is 0.258. The lowest BCUT2D eigenvalue weighted by Gasteiger charge is -2.22. The van der Waals surface area contributed by atoms with Crippen LogP contribution in [-0.2, 0) is 27.5 Å². The summed E-state index contributed by atoms with van der Waals surface area (Å²) in [7, 11) is 0. The third kappa shape index (κ3) is 4.95. The quantitative estimate of drug-likeness (QED) is 0.508. The molecule has 3 aliphatic heterocycles. The van der Waals surface area contributed by atoms with Crippen molar-refractivity contribution in [2.75, 3.05) is 19.6 Å². The number of nitrogens with two attached hydrogens (primary N) is 1. The van der Waals surface area contributed by atoms with Gasteiger partial charge in [-0.1, -0.05) is 12.1 Å². The molecule has 4 N–H and O–H groups in total. The van der Waals surface area contributed by atoms with Gasteiger partial charge in [-0.3, -0.25) is 19.2 Å². The molecule has 0 bridgehead atoms. The Morgan fingerprint density at radius 3 is 2.77 bits per heavy atom. The van der Waals surface area contributed by atoms with E-state index < -0.39 is 48.7 Å². The lowest BCUT2D eigenvalue weighted by atomic mass is 9.99. The Labute approximate surface area is 200 Å². The molecule has 1 unspecified atom stereocenters. The number of halogens is 2. The zero-order valence-electron chi connectivity index (χ0n) is 18.9. The molecule has 1 aromatic carbocycles. The summed E-state index contributed by atoms with van der Waals surface area (Å²) in [5.41, 5.74) is 7.47. The van der Waals surface area contributed by atoms with Crippen molar-refractivity contribution in [3.63, 3.8) is 0 Å². The maximum atomic E-state index is 13.7. The minimum Gasteiger partial charge on any atom is -0.351 e. The number of hydrogen-bond acceptors (Lipinski definition) is 6. The molecule has 0 radical (unpaired) electrons. The van der Waals surface area contributed by atoms with Crippen LogP contribution in [0.2, 0.25) is 0 Å². The molecule has 12 heteroatoms. The number of rotatable bonds is 6. The van der Waals surface area contributed by atoms with E-state index in [2.05, 4.69) is 10.6 Å². The average molecular weight is 488 g/mol. The first-order valence-electron chi connectivity index (χ1n) is 11.4. The van der Waals surface area contributed by atoms with E-state index >= 15 is 0 Å². The molecule has 2 saturated heterocycles. The van der Waals surface area contributed by atoms with Gasteiger partial charge < -0.3 is 26.2 Å². The number of alkyl halides is 2. The van der Waals surface area contributed by atoms with E-state index in [0.717, 1.165) is 16.0 Å². The predicted octanol–water partition coefficient (Wildman–Crippen LogP) is -0.128. The molecule has 4 amide bonds. The summed E-state index contributed by atoms with van der Waals surface area (Å²) in [6, 6.07) is 4.65. The molecule has 2 fully saturated rings. The molecule has 3 aliphatic rings. The number of likely N-dealkylation sites (tertiary alicyclic amines) is 1. The van der Waals surface area contributed by atoms with E-state index in [4.69, 9.17) is 11.0 Å². The van der Waals surface area contributed by atoms with Crippen molar-refractivity contribution in [1.82, 2.24) is 20.4 Å². The molecule has 1 aromatic rings. The van der Waals surface area contributed by atoms with Gasteiger partial charge >= 0.3 is 0 Å². The lowest BCUT2D eigenvalue weighted by molar-refractivity contribution is -0.135. The molecular formula is C23H26F2N6O4. The predicted molar refractivity (Wildman–Crippen MR) is 117 cm³/mol. The van der Waals surface area contributed by atoms with Crippen molar-refractivity contribution in [1.29, 1.82) is 5.26 Å². The van der Waals surface area contributed by atoms with Gasteiger partial charge in [0.2, 0.25) is 17.7 Å². The Bertz CT molecular complexity index is 1100. The van der Waals surface area contributed by atoms with Crippen LogP contribution >= 0.6 is 0 Å². The molecular weight excluding hydrogens is 462 g/mol. The van der Waals surface area contributed by atoms with Gasteiger partial charge in [-0.05, 0) is 23.6 Å². The third-order valence-corrected chi connectivity index (χ3v) is 6.64. The molecule has 186 valence electrons. The Kier molecular flexibility index (Phi) is 6.71. The van der Waals surface area contributed by atoms with Crippen LogP contribution in [0.5, 0.6) is 0 Å². The smallest absolute Gasteiger partial charge is 0.268 e. The first-order chi connectivity index (χ1) is 16.6. The second-order valence-electron chi connectivity index (χ2n) is 9.11. The molecule has 0 spiro atoms. The van der Waals surface area contributed by atoms with Crippen molar-refractivity contribution in [2.24, 2.45) is 11.7 Å². The summed E-state index contributed by atoms with van der Waals surface area (Å²) in [4.78, 5) is 53.0. The largest absolute Gasteiger partial charge is 0.351 e. The second kappa shape index (κ2) is 9.58. The molecule has 3 heterocycles. The van der Waals surface area contributed by atoms with Crippen molar-refractivity contribution in [2.45, 2.75) is 50.4 Å². The van der Waals surface area contributed by atoms with Crippen LogP contribution in [0.1, 0.15) is 40.7 Å². The van der Waals surface area contributed by atoms with Gasteiger partial charge in [0.15, 0.2) is 0 Å². The minimum absolute atomic E-state index is 0.0167. The number of nitriles is 1. The topological polar surface area (TPSA) is 149 Å². The Balaban J connectivity index is 1.37. The summed E-state index contributed by atoms with van der Waals surface area (Å²) in [5, 5.41) is 14.3. The van der Waals surface area contributed by atoms with Crippen LogP contribution in [0, 0.1) is 17.2 Å². The first-order valence-corrected chi connectivity index (χ1v) is 11.4. The van der Waals surface area contributed by atoms with E-state index in [0.29, 0.717) is 18.7 Å². The lowest BCUT2D eigenvalue weighted by Crippen LogP contribution is -2.46. The molecule has 0 aliphatic carbocycles. The van der Waals surface area contributed by atoms with Gasteiger partial charge in [0.1, 0.15) is 12.1 Å². The zero-order valence-corrected chi connectivity index (χ0v) is 18.9. The van der Waals surface area contributed by atoms with Crippen molar-refractivity contribution >= 4 is 23.6 Å². The number of nitrogens with one attached hydrogen (secondary N) is 2. The fourth-order valence-electron chi connectivity index (χ4n) is 4.87. The molecule has 0 saturated carbocycles. The molecule has 0 aromatic heterocycles. The first kappa shape index (κ1) is 24.5. The van der Waals surface area contributed by atoms with Crippen LogP contribution in [0.3, 0.4) is 0 Å². The monoisotopic (exact) mass is 488 g/mol. The van der Waals surface area contributed by atoms with E-state index in [1.165, 1.54) is 0 Å². The number of hydrogen-bond donors (Lipinski definition) is 3. The molecule has 10 nitrogen and oxygen atoms in total. The van der Waals surface area contributed by atoms with E-state index in [1.807, 2.05) is 6.07 Å². The Morgan fingerprint density at radius 2 is 2.06 bits per heavy atom. The van der Waals surface area contributed by atoms with E-state index in [1.54, 1.807) is 23.1 Å². The van der Waals surface area contributed by atoms with Gasteiger partial charge in [-0.15, -0.1) is 0 Å². The summed E-state index contributed by atoms with van der Waals surface area (Å²) in [6.07, 6.45) is -0.910. The van der Waals surface area contributed by atoms with Gasteiger partial charge in [-0.2, -0.15) is 5.26 Å². The van der Waals surface area contributed by atoms with E-state index in [-0.39, 0.29) is 37.7 Å². The van der Waals surface area contributed by atoms with Crippen LogP contribution in [-0.4, -0.2) is 71.1 Å². The van der Waals surface area contributed by atoms with Crippen molar-refractivity contribution in [3.05, 3.63) is 34.9 Å². The minimum atomic E-state index is -3.15. The standard InChI is InChI=1S/C23H26F2N6O4/c24-23(25)8-15(9-27)31(12-23)22(35)18-6-14(20(33)29-18)7-19(32)30-10-13-2-1-3-16(17(13)11-30)21(34)28-5-4-26/h1-3,14-15,18H,4-8,10-12,26H2,(H,28,34)(H,29,33)/t14-,15-,18?/m0/s1.